The lowest BCUT2D eigenvalue weighted by atomic mass is 9.91. The SMILES string of the molecule is COc1cc(OC)c(/C(O)=C2\C(=O)C(=O)N(C3CCCCC3)C2c2ccccc2)cc1Cl. The lowest BCUT2D eigenvalue weighted by molar-refractivity contribution is -0.141. The molecule has 0 spiro atoms. The molecule has 1 aliphatic carbocycles. The van der Waals surface area contributed by atoms with E-state index < -0.39 is 17.7 Å². The van der Waals surface area contributed by atoms with Gasteiger partial charge in [0.25, 0.3) is 11.7 Å². The first-order valence-electron chi connectivity index (χ1n) is 10.7. The third kappa shape index (κ3) is 3.84. The van der Waals surface area contributed by atoms with Gasteiger partial charge < -0.3 is 19.5 Å². The fraction of sp³-hybridized carbons (Fsp3) is 0.360. The van der Waals surface area contributed by atoms with Crippen molar-refractivity contribution >= 4 is 29.1 Å². The predicted octanol–water partition coefficient (Wildman–Crippen LogP) is 5.11. The first-order valence-corrected chi connectivity index (χ1v) is 11.1. The number of ketones is 1. The van der Waals surface area contributed by atoms with Crippen LogP contribution < -0.4 is 9.47 Å². The number of aliphatic hydroxyl groups is 1. The van der Waals surface area contributed by atoms with Crippen LogP contribution >= 0.6 is 11.6 Å². The summed E-state index contributed by atoms with van der Waals surface area (Å²) in [4.78, 5) is 28.1. The van der Waals surface area contributed by atoms with E-state index in [0.717, 1.165) is 37.7 Å². The highest BCUT2D eigenvalue weighted by Crippen LogP contribution is 2.45. The van der Waals surface area contributed by atoms with Gasteiger partial charge in [-0.25, -0.2) is 0 Å². The summed E-state index contributed by atoms with van der Waals surface area (Å²) < 4.78 is 10.7. The average Bonchev–Trinajstić information content (AvgIpc) is 3.10. The second-order valence-corrected chi connectivity index (χ2v) is 8.50. The van der Waals surface area contributed by atoms with Crippen molar-refractivity contribution in [2.75, 3.05) is 14.2 Å². The molecule has 0 aromatic heterocycles. The average molecular weight is 456 g/mol. The first-order chi connectivity index (χ1) is 15.5. The van der Waals surface area contributed by atoms with Crippen LogP contribution in [0.2, 0.25) is 5.02 Å². The second kappa shape index (κ2) is 9.25. The number of ether oxygens (including phenoxy) is 2. The molecule has 1 N–H and O–H groups in total. The summed E-state index contributed by atoms with van der Waals surface area (Å²) >= 11 is 6.30. The Labute approximate surface area is 192 Å². The highest BCUT2D eigenvalue weighted by atomic mass is 35.5. The van der Waals surface area contributed by atoms with Gasteiger partial charge >= 0.3 is 0 Å². The number of carbonyl (C=O) groups excluding carboxylic acids is 2. The van der Waals surface area contributed by atoms with E-state index in [4.69, 9.17) is 21.1 Å². The van der Waals surface area contributed by atoms with E-state index in [1.54, 1.807) is 11.0 Å². The minimum Gasteiger partial charge on any atom is -0.507 e. The Balaban J connectivity index is 1.91. The van der Waals surface area contributed by atoms with E-state index in [9.17, 15) is 14.7 Å². The topological polar surface area (TPSA) is 76.1 Å². The molecular weight excluding hydrogens is 430 g/mol. The number of hydrogen-bond acceptors (Lipinski definition) is 5. The molecule has 0 bridgehead atoms. The van der Waals surface area contributed by atoms with E-state index in [0.29, 0.717) is 11.5 Å². The van der Waals surface area contributed by atoms with E-state index in [-0.39, 0.29) is 28.0 Å². The van der Waals surface area contributed by atoms with Crippen molar-refractivity contribution in [2.45, 2.75) is 44.2 Å². The Morgan fingerprint density at radius 3 is 2.28 bits per heavy atom. The Morgan fingerprint density at radius 1 is 1.00 bits per heavy atom. The monoisotopic (exact) mass is 455 g/mol. The zero-order valence-corrected chi connectivity index (χ0v) is 18.9. The number of likely N-dealkylation sites (tertiary alicyclic amines) is 1. The number of aliphatic hydroxyl groups excluding tert-OH is 1. The van der Waals surface area contributed by atoms with Crippen molar-refractivity contribution < 1.29 is 24.2 Å². The largest absolute Gasteiger partial charge is 0.507 e. The molecule has 2 aromatic rings. The molecule has 1 saturated heterocycles. The van der Waals surface area contributed by atoms with Crippen molar-refractivity contribution in [3.05, 3.63) is 64.2 Å². The highest BCUT2D eigenvalue weighted by Gasteiger charge is 2.49. The lowest BCUT2D eigenvalue weighted by Gasteiger charge is -2.35. The third-order valence-electron chi connectivity index (χ3n) is 6.29. The fourth-order valence-electron chi connectivity index (χ4n) is 4.74. The van der Waals surface area contributed by atoms with Crippen LogP contribution in [0.15, 0.2) is 48.0 Å². The molecule has 0 radical (unpaired) electrons. The Hall–Kier alpha value is -2.99. The number of methoxy groups -OCH3 is 2. The molecule has 2 aromatic carbocycles. The van der Waals surface area contributed by atoms with Gasteiger partial charge in [-0.2, -0.15) is 0 Å². The maximum absolute atomic E-state index is 13.3. The van der Waals surface area contributed by atoms with Crippen LogP contribution in [-0.2, 0) is 9.59 Å². The molecule has 168 valence electrons. The Kier molecular flexibility index (Phi) is 6.42. The molecule has 4 rings (SSSR count). The molecule has 1 heterocycles. The molecule has 32 heavy (non-hydrogen) atoms. The molecule has 7 heteroatoms. The zero-order chi connectivity index (χ0) is 22.8. The van der Waals surface area contributed by atoms with Crippen LogP contribution in [0.5, 0.6) is 11.5 Å². The summed E-state index contributed by atoms with van der Waals surface area (Å²) in [6.07, 6.45) is 4.83. The number of amides is 1. The molecule has 1 saturated carbocycles. The molecule has 6 nitrogen and oxygen atoms in total. The normalized spacial score (nSPS) is 21.1. The smallest absolute Gasteiger partial charge is 0.295 e. The summed E-state index contributed by atoms with van der Waals surface area (Å²) in [6.45, 7) is 0. The quantitative estimate of drug-likeness (QED) is 0.385. The van der Waals surface area contributed by atoms with Gasteiger partial charge in [0.15, 0.2) is 0 Å². The first kappa shape index (κ1) is 22.2. The van der Waals surface area contributed by atoms with Gasteiger partial charge in [0, 0.05) is 12.1 Å². The van der Waals surface area contributed by atoms with Crippen LogP contribution in [0.3, 0.4) is 0 Å². The lowest BCUT2D eigenvalue weighted by Crippen LogP contribution is -2.40. The van der Waals surface area contributed by atoms with Gasteiger partial charge in [-0.05, 0) is 24.5 Å². The number of rotatable bonds is 5. The van der Waals surface area contributed by atoms with Crippen molar-refractivity contribution in [2.24, 2.45) is 0 Å². The van der Waals surface area contributed by atoms with E-state index in [1.807, 2.05) is 30.3 Å². The fourth-order valence-corrected chi connectivity index (χ4v) is 4.98. The standard InChI is InChI=1S/C25H26ClNO5/c1-31-19-14-20(32-2)18(26)13-17(19)23(28)21-22(15-9-5-3-6-10-15)27(25(30)24(21)29)16-11-7-4-8-12-16/h3,5-6,9-10,13-14,16,22,28H,4,7-8,11-12H2,1-2H3/b23-21+. The van der Waals surface area contributed by atoms with Crippen LogP contribution in [0.25, 0.3) is 5.76 Å². The molecule has 1 unspecified atom stereocenters. The van der Waals surface area contributed by atoms with Gasteiger partial charge in [-0.1, -0.05) is 61.2 Å². The number of halogens is 1. The summed E-state index contributed by atoms with van der Waals surface area (Å²) in [5.41, 5.74) is 1.06. The molecule has 1 aliphatic heterocycles. The second-order valence-electron chi connectivity index (χ2n) is 8.10. The van der Waals surface area contributed by atoms with Crippen molar-refractivity contribution in [1.82, 2.24) is 4.90 Å². The summed E-state index contributed by atoms with van der Waals surface area (Å²) in [7, 11) is 2.93. The van der Waals surface area contributed by atoms with Crippen LogP contribution in [0.1, 0.15) is 49.3 Å². The summed E-state index contributed by atoms with van der Waals surface area (Å²) in [5, 5.41) is 11.6. The maximum atomic E-state index is 13.3. The third-order valence-corrected chi connectivity index (χ3v) is 6.59. The van der Waals surface area contributed by atoms with Gasteiger partial charge in [-0.15, -0.1) is 0 Å². The van der Waals surface area contributed by atoms with Gasteiger partial charge in [0.1, 0.15) is 17.3 Å². The predicted molar refractivity (Wildman–Crippen MR) is 122 cm³/mol. The Morgan fingerprint density at radius 2 is 1.66 bits per heavy atom. The van der Waals surface area contributed by atoms with Crippen molar-refractivity contribution in [3.8, 4) is 11.5 Å². The van der Waals surface area contributed by atoms with Crippen molar-refractivity contribution in [3.63, 3.8) is 0 Å². The minimum atomic E-state index is -0.698. The highest BCUT2D eigenvalue weighted by molar-refractivity contribution is 6.46. The molecule has 2 aliphatic rings. The maximum Gasteiger partial charge on any atom is 0.295 e. The van der Waals surface area contributed by atoms with Crippen molar-refractivity contribution in [1.29, 1.82) is 0 Å². The minimum absolute atomic E-state index is 0.0444. The molecule has 1 atom stereocenters. The molecular formula is C25H26ClNO5. The summed E-state index contributed by atoms with van der Waals surface area (Å²) in [6, 6.07) is 11.7. The van der Waals surface area contributed by atoms with E-state index in [2.05, 4.69) is 0 Å². The van der Waals surface area contributed by atoms with E-state index >= 15 is 0 Å². The number of hydrogen-bond donors (Lipinski definition) is 1. The molecule has 2 fully saturated rings. The summed E-state index contributed by atoms with van der Waals surface area (Å²) in [5.74, 6) is -0.916. The van der Waals surface area contributed by atoms with E-state index in [1.165, 1.54) is 20.3 Å². The van der Waals surface area contributed by atoms with Crippen LogP contribution in [0, 0.1) is 0 Å². The number of Topliss-reactive ketones (excluding diaryl/α,β-unsaturated/α-hetero) is 1. The number of nitrogens with zero attached hydrogens (tertiary/aromatic N) is 1. The number of benzene rings is 2. The number of carbonyl (C=O) groups is 2. The zero-order valence-electron chi connectivity index (χ0n) is 18.1. The van der Waals surface area contributed by atoms with Crippen LogP contribution in [0.4, 0.5) is 0 Å². The van der Waals surface area contributed by atoms with Crippen LogP contribution in [-0.4, -0.2) is 42.0 Å². The van der Waals surface area contributed by atoms with Gasteiger partial charge in [0.05, 0.1) is 36.4 Å². The van der Waals surface area contributed by atoms with Gasteiger partial charge in [-0.3, -0.25) is 9.59 Å². The Bertz CT molecular complexity index is 1060. The molecule has 1 amide bonds. The van der Waals surface area contributed by atoms with Gasteiger partial charge in [0.2, 0.25) is 0 Å².